The normalized spacial score (nSPS) is 12.3. The standard InChI is InChI=1S/C14H15ClN2O/c1-10(11-3-2-6-16-8-11)17-9-12-7-13(15)4-5-14(12)18/h2-8,10,17-18H,9H2,1H3. The average molecular weight is 263 g/mol. The Morgan fingerprint density at radius 3 is 2.94 bits per heavy atom. The number of hydrogen-bond donors (Lipinski definition) is 2. The van der Waals surface area contributed by atoms with Gasteiger partial charge < -0.3 is 10.4 Å². The monoisotopic (exact) mass is 262 g/mol. The van der Waals surface area contributed by atoms with Gasteiger partial charge in [0, 0.05) is 35.6 Å². The molecule has 1 heterocycles. The fraction of sp³-hybridized carbons (Fsp3) is 0.214. The van der Waals surface area contributed by atoms with Gasteiger partial charge in [-0.05, 0) is 36.8 Å². The third-order valence-corrected chi connectivity index (χ3v) is 3.06. The number of rotatable bonds is 4. The summed E-state index contributed by atoms with van der Waals surface area (Å²) < 4.78 is 0. The van der Waals surface area contributed by atoms with E-state index in [-0.39, 0.29) is 11.8 Å². The average Bonchev–Trinajstić information content (AvgIpc) is 2.40. The fourth-order valence-electron chi connectivity index (χ4n) is 1.71. The molecule has 4 heteroatoms. The molecule has 2 rings (SSSR count). The van der Waals surface area contributed by atoms with Crippen LogP contribution in [0.2, 0.25) is 5.02 Å². The highest BCUT2D eigenvalue weighted by Crippen LogP contribution is 2.22. The molecule has 0 aliphatic rings. The van der Waals surface area contributed by atoms with Gasteiger partial charge in [-0.2, -0.15) is 0 Å². The predicted octanol–water partition coefficient (Wildman–Crippen LogP) is 3.29. The molecule has 1 unspecified atom stereocenters. The number of pyridine rings is 1. The minimum Gasteiger partial charge on any atom is -0.508 e. The van der Waals surface area contributed by atoms with Crippen molar-refractivity contribution in [3.63, 3.8) is 0 Å². The maximum Gasteiger partial charge on any atom is 0.120 e. The topological polar surface area (TPSA) is 45.1 Å². The van der Waals surface area contributed by atoms with Crippen molar-refractivity contribution < 1.29 is 5.11 Å². The lowest BCUT2D eigenvalue weighted by Crippen LogP contribution is -2.18. The largest absolute Gasteiger partial charge is 0.508 e. The second-order valence-corrected chi connectivity index (χ2v) is 4.60. The Hall–Kier alpha value is -1.58. The smallest absolute Gasteiger partial charge is 0.120 e. The molecule has 0 aliphatic carbocycles. The summed E-state index contributed by atoms with van der Waals surface area (Å²) in [7, 11) is 0. The van der Waals surface area contributed by atoms with E-state index in [9.17, 15) is 5.11 Å². The highest BCUT2D eigenvalue weighted by atomic mass is 35.5. The van der Waals surface area contributed by atoms with Crippen molar-refractivity contribution in [2.75, 3.05) is 0 Å². The SMILES string of the molecule is CC(NCc1cc(Cl)ccc1O)c1cccnc1. The Morgan fingerprint density at radius 2 is 2.22 bits per heavy atom. The summed E-state index contributed by atoms with van der Waals surface area (Å²) >= 11 is 5.90. The number of hydrogen-bond acceptors (Lipinski definition) is 3. The number of phenols is 1. The van der Waals surface area contributed by atoms with Gasteiger partial charge in [-0.3, -0.25) is 4.98 Å². The molecular weight excluding hydrogens is 248 g/mol. The molecule has 0 aliphatic heterocycles. The molecule has 3 nitrogen and oxygen atoms in total. The first kappa shape index (κ1) is 12.9. The van der Waals surface area contributed by atoms with E-state index in [4.69, 9.17) is 11.6 Å². The summed E-state index contributed by atoms with van der Waals surface area (Å²) in [4.78, 5) is 4.08. The molecule has 2 N–H and O–H groups in total. The molecule has 1 aromatic heterocycles. The second kappa shape index (κ2) is 5.85. The first-order valence-electron chi connectivity index (χ1n) is 5.77. The van der Waals surface area contributed by atoms with Gasteiger partial charge >= 0.3 is 0 Å². The number of aromatic nitrogens is 1. The lowest BCUT2D eigenvalue weighted by atomic mass is 10.1. The molecule has 1 atom stereocenters. The van der Waals surface area contributed by atoms with Crippen LogP contribution >= 0.6 is 11.6 Å². The highest BCUT2D eigenvalue weighted by molar-refractivity contribution is 6.30. The Morgan fingerprint density at radius 1 is 1.39 bits per heavy atom. The summed E-state index contributed by atoms with van der Waals surface area (Å²) in [6.45, 7) is 2.61. The first-order chi connectivity index (χ1) is 8.66. The van der Waals surface area contributed by atoms with E-state index in [0.717, 1.165) is 11.1 Å². The number of benzene rings is 1. The summed E-state index contributed by atoms with van der Waals surface area (Å²) in [6, 6.07) is 9.13. The van der Waals surface area contributed by atoms with Crippen molar-refractivity contribution in [2.24, 2.45) is 0 Å². The van der Waals surface area contributed by atoms with Gasteiger partial charge in [-0.25, -0.2) is 0 Å². The maximum absolute atomic E-state index is 9.71. The number of phenolic OH excluding ortho intramolecular Hbond substituents is 1. The fourth-order valence-corrected chi connectivity index (χ4v) is 1.90. The van der Waals surface area contributed by atoms with Crippen molar-refractivity contribution in [2.45, 2.75) is 19.5 Å². The van der Waals surface area contributed by atoms with Gasteiger partial charge in [-0.1, -0.05) is 17.7 Å². The van der Waals surface area contributed by atoms with Crippen molar-refractivity contribution in [1.29, 1.82) is 0 Å². The summed E-state index contributed by atoms with van der Waals surface area (Å²) in [6.07, 6.45) is 3.58. The molecule has 0 bridgehead atoms. The van der Waals surface area contributed by atoms with Gasteiger partial charge in [0.15, 0.2) is 0 Å². The number of nitrogens with zero attached hydrogens (tertiary/aromatic N) is 1. The van der Waals surface area contributed by atoms with Gasteiger partial charge in [0.25, 0.3) is 0 Å². The van der Waals surface area contributed by atoms with Crippen LogP contribution < -0.4 is 5.32 Å². The molecular formula is C14H15ClN2O. The lowest BCUT2D eigenvalue weighted by molar-refractivity contribution is 0.460. The zero-order valence-corrected chi connectivity index (χ0v) is 10.9. The van der Waals surface area contributed by atoms with E-state index in [1.807, 2.05) is 18.3 Å². The predicted molar refractivity (Wildman–Crippen MR) is 72.6 cm³/mol. The minimum absolute atomic E-state index is 0.164. The molecule has 94 valence electrons. The van der Waals surface area contributed by atoms with E-state index in [0.29, 0.717) is 11.6 Å². The van der Waals surface area contributed by atoms with Crippen LogP contribution in [0, 0.1) is 0 Å². The van der Waals surface area contributed by atoms with Crippen LogP contribution in [-0.4, -0.2) is 10.1 Å². The molecule has 18 heavy (non-hydrogen) atoms. The van der Waals surface area contributed by atoms with Gasteiger partial charge in [0.2, 0.25) is 0 Å². The number of nitrogens with one attached hydrogen (secondary N) is 1. The van der Waals surface area contributed by atoms with E-state index in [1.54, 1.807) is 24.4 Å². The van der Waals surface area contributed by atoms with Crippen LogP contribution in [0.4, 0.5) is 0 Å². The van der Waals surface area contributed by atoms with Crippen molar-refractivity contribution in [1.82, 2.24) is 10.3 Å². The third kappa shape index (κ3) is 3.22. The molecule has 0 fully saturated rings. The first-order valence-corrected chi connectivity index (χ1v) is 6.15. The van der Waals surface area contributed by atoms with E-state index < -0.39 is 0 Å². The molecule has 2 aromatic rings. The molecule has 0 saturated heterocycles. The summed E-state index contributed by atoms with van der Waals surface area (Å²) in [5.41, 5.74) is 1.90. The van der Waals surface area contributed by atoms with Crippen LogP contribution in [-0.2, 0) is 6.54 Å². The Labute approximate surface area is 111 Å². The number of aromatic hydroxyl groups is 1. The van der Waals surface area contributed by atoms with Crippen LogP contribution in [0.25, 0.3) is 0 Å². The Kier molecular flexibility index (Phi) is 4.18. The highest BCUT2D eigenvalue weighted by Gasteiger charge is 2.07. The van der Waals surface area contributed by atoms with Crippen LogP contribution in [0.3, 0.4) is 0 Å². The maximum atomic E-state index is 9.71. The van der Waals surface area contributed by atoms with Crippen molar-refractivity contribution >= 4 is 11.6 Å². The minimum atomic E-state index is 0.164. The molecule has 0 radical (unpaired) electrons. The molecule has 0 saturated carbocycles. The van der Waals surface area contributed by atoms with Crippen molar-refractivity contribution in [3.8, 4) is 5.75 Å². The van der Waals surface area contributed by atoms with Crippen LogP contribution in [0.15, 0.2) is 42.7 Å². The molecule has 0 spiro atoms. The van der Waals surface area contributed by atoms with Gasteiger partial charge in [0.1, 0.15) is 5.75 Å². The van der Waals surface area contributed by atoms with E-state index in [2.05, 4.69) is 17.2 Å². The van der Waals surface area contributed by atoms with Gasteiger partial charge in [0.05, 0.1) is 0 Å². The van der Waals surface area contributed by atoms with Crippen LogP contribution in [0.1, 0.15) is 24.1 Å². The van der Waals surface area contributed by atoms with E-state index >= 15 is 0 Å². The zero-order chi connectivity index (χ0) is 13.0. The second-order valence-electron chi connectivity index (χ2n) is 4.16. The summed E-state index contributed by atoms with van der Waals surface area (Å²) in [5.74, 6) is 0.255. The van der Waals surface area contributed by atoms with E-state index in [1.165, 1.54) is 0 Å². The zero-order valence-electron chi connectivity index (χ0n) is 10.1. The number of halogens is 1. The summed E-state index contributed by atoms with van der Waals surface area (Å²) in [5, 5.41) is 13.7. The molecule has 1 aromatic carbocycles. The Balaban J connectivity index is 2.01. The van der Waals surface area contributed by atoms with Crippen LogP contribution in [0.5, 0.6) is 5.75 Å². The lowest BCUT2D eigenvalue weighted by Gasteiger charge is -2.14. The van der Waals surface area contributed by atoms with Gasteiger partial charge in [-0.15, -0.1) is 0 Å². The quantitative estimate of drug-likeness (QED) is 0.889. The molecule has 0 amide bonds. The third-order valence-electron chi connectivity index (χ3n) is 2.82. The van der Waals surface area contributed by atoms with Crippen molar-refractivity contribution in [3.05, 3.63) is 58.9 Å². The Bertz CT molecular complexity index is 516.